The molecule has 0 fully saturated rings. The van der Waals surface area contributed by atoms with Crippen LogP contribution in [0.25, 0.3) is 10.2 Å². The fourth-order valence-electron chi connectivity index (χ4n) is 3.97. The monoisotopic (exact) mass is 563 g/mol. The van der Waals surface area contributed by atoms with Crippen molar-refractivity contribution in [2.24, 2.45) is 0 Å². The van der Waals surface area contributed by atoms with Gasteiger partial charge in [-0.1, -0.05) is 17.4 Å². The number of thiazole rings is 1. The Morgan fingerprint density at radius 1 is 1.00 bits per heavy atom. The third kappa shape index (κ3) is 5.45. The van der Waals surface area contributed by atoms with Gasteiger partial charge in [0.2, 0.25) is 0 Å². The number of nitrogens with zero attached hydrogens (tertiary/aromatic N) is 2. The number of fused-ring (bicyclic) bond motifs is 1. The summed E-state index contributed by atoms with van der Waals surface area (Å²) >= 11 is 1.39. The quantitative estimate of drug-likeness (QED) is 0.239. The van der Waals surface area contributed by atoms with Crippen molar-refractivity contribution in [3.63, 3.8) is 0 Å². The Morgan fingerprint density at radius 3 is 2.38 bits per heavy atom. The van der Waals surface area contributed by atoms with Gasteiger partial charge in [-0.3, -0.25) is 14.4 Å². The molecule has 1 amide bonds. The molecule has 200 valence electrons. The van der Waals surface area contributed by atoms with E-state index in [0.29, 0.717) is 39.2 Å². The number of anilines is 2. The molecular formula is C28H25N3O6S2. The molecule has 5 aromatic rings. The number of sulfonamides is 1. The zero-order valence-corrected chi connectivity index (χ0v) is 23.0. The number of rotatable bonds is 9. The number of hydrogen-bond acceptors (Lipinski definition) is 8. The van der Waals surface area contributed by atoms with Gasteiger partial charge >= 0.3 is 0 Å². The zero-order chi connectivity index (χ0) is 27.6. The Balaban J connectivity index is 1.43. The van der Waals surface area contributed by atoms with Gasteiger partial charge < -0.3 is 13.9 Å². The lowest BCUT2D eigenvalue weighted by atomic mass is 10.2. The van der Waals surface area contributed by atoms with E-state index in [4.69, 9.17) is 18.9 Å². The highest BCUT2D eigenvalue weighted by atomic mass is 32.2. The van der Waals surface area contributed by atoms with Crippen molar-refractivity contribution in [2.45, 2.75) is 18.4 Å². The van der Waals surface area contributed by atoms with Crippen molar-refractivity contribution >= 4 is 48.3 Å². The number of furan rings is 1. The van der Waals surface area contributed by atoms with E-state index in [1.54, 1.807) is 66.8 Å². The first-order valence-electron chi connectivity index (χ1n) is 11.8. The van der Waals surface area contributed by atoms with Gasteiger partial charge in [0.25, 0.3) is 15.9 Å². The van der Waals surface area contributed by atoms with Crippen LogP contribution in [0.1, 0.15) is 21.7 Å². The smallest absolute Gasteiger partial charge is 0.261 e. The van der Waals surface area contributed by atoms with Crippen molar-refractivity contribution in [3.05, 3.63) is 95.9 Å². The second-order valence-corrected chi connectivity index (χ2v) is 11.2. The summed E-state index contributed by atoms with van der Waals surface area (Å²) in [5.41, 5.74) is 2.38. The molecule has 11 heteroatoms. The highest BCUT2D eigenvalue weighted by Gasteiger charge is 2.24. The van der Waals surface area contributed by atoms with Crippen LogP contribution in [0.3, 0.4) is 0 Å². The van der Waals surface area contributed by atoms with E-state index < -0.39 is 10.0 Å². The maximum absolute atomic E-state index is 13.7. The van der Waals surface area contributed by atoms with Crippen LogP contribution in [0, 0.1) is 6.92 Å². The van der Waals surface area contributed by atoms with Crippen LogP contribution in [0.4, 0.5) is 10.8 Å². The average Bonchev–Trinajstić information content (AvgIpc) is 3.63. The molecule has 0 radical (unpaired) electrons. The number of aryl methyl sites for hydroxylation is 1. The van der Waals surface area contributed by atoms with E-state index in [9.17, 15) is 13.2 Å². The first kappa shape index (κ1) is 26.3. The second-order valence-electron chi connectivity index (χ2n) is 8.59. The predicted octanol–water partition coefficient (Wildman–Crippen LogP) is 5.86. The molecule has 0 aliphatic carbocycles. The minimum absolute atomic E-state index is 0.0923. The Bertz CT molecular complexity index is 1710. The number of carbonyl (C=O) groups excluding carboxylic acids is 1. The molecule has 3 aromatic carbocycles. The van der Waals surface area contributed by atoms with Crippen molar-refractivity contribution < 1.29 is 27.1 Å². The molecule has 0 atom stereocenters. The van der Waals surface area contributed by atoms with Crippen molar-refractivity contribution in [1.29, 1.82) is 0 Å². The normalized spacial score (nSPS) is 11.4. The molecule has 5 rings (SSSR count). The molecule has 0 spiro atoms. The van der Waals surface area contributed by atoms with E-state index in [2.05, 4.69) is 4.72 Å². The SMILES string of the molecule is COc1ccc(S(=O)(=O)Nc2ccc(C(=O)N(Cc3ccco3)c3nc4c(OC)ccc(C)c4s3)cc2)cc1. The van der Waals surface area contributed by atoms with E-state index in [1.807, 2.05) is 19.1 Å². The second kappa shape index (κ2) is 10.8. The Kier molecular flexibility index (Phi) is 7.27. The highest BCUT2D eigenvalue weighted by Crippen LogP contribution is 2.37. The van der Waals surface area contributed by atoms with Crippen LogP contribution in [-0.4, -0.2) is 33.5 Å². The minimum atomic E-state index is -3.82. The van der Waals surface area contributed by atoms with Crippen molar-refractivity contribution in [2.75, 3.05) is 23.8 Å². The van der Waals surface area contributed by atoms with Crippen molar-refractivity contribution in [3.8, 4) is 11.5 Å². The summed E-state index contributed by atoms with van der Waals surface area (Å²) in [7, 11) is -0.732. The highest BCUT2D eigenvalue weighted by molar-refractivity contribution is 7.92. The Labute approximate surface area is 229 Å². The van der Waals surface area contributed by atoms with Gasteiger partial charge in [-0.25, -0.2) is 13.4 Å². The van der Waals surface area contributed by atoms with Gasteiger partial charge in [0.05, 0.1) is 36.6 Å². The first-order valence-corrected chi connectivity index (χ1v) is 14.1. The molecule has 0 aliphatic rings. The Morgan fingerprint density at radius 2 is 1.74 bits per heavy atom. The summed E-state index contributed by atoms with van der Waals surface area (Å²) in [6.45, 7) is 2.15. The van der Waals surface area contributed by atoms with E-state index >= 15 is 0 Å². The fourth-order valence-corrected chi connectivity index (χ4v) is 6.08. The molecule has 2 heterocycles. The van der Waals surface area contributed by atoms with E-state index in [0.717, 1.165) is 10.3 Å². The molecule has 2 aromatic heterocycles. The Hall–Kier alpha value is -4.35. The molecule has 0 unspecified atom stereocenters. The van der Waals surface area contributed by atoms with E-state index in [-0.39, 0.29) is 17.3 Å². The number of aromatic nitrogens is 1. The van der Waals surface area contributed by atoms with E-state index in [1.165, 1.54) is 30.6 Å². The van der Waals surface area contributed by atoms with Crippen LogP contribution >= 0.6 is 11.3 Å². The molecular weight excluding hydrogens is 538 g/mol. The van der Waals surface area contributed by atoms with Crippen LogP contribution in [-0.2, 0) is 16.6 Å². The third-order valence-corrected chi connectivity index (χ3v) is 8.65. The molecule has 0 saturated heterocycles. The van der Waals surface area contributed by atoms with Gasteiger partial charge in [0.15, 0.2) is 5.13 Å². The topological polar surface area (TPSA) is 111 Å². The van der Waals surface area contributed by atoms with Gasteiger partial charge in [-0.15, -0.1) is 0 Å². The average molecular weight is 564 g/mol. The molecule has 0 bridgehead atoms. The van der Waals surface area contributed by atoms with Crippen LogP contribution < -0.4 is 19.1 Å². The summed E-state index contributed by atoms with van der Waals surface area (Å²) in [6.07, 6.45) is 1.55. The lowest BCUT2D eigenvalue weighted by Gasteiger charge is -2.19. The van der Waals surface area contributed by atoms with Crippen LogP contribution in [0.15, 0.2) is 88.4 Å². The van der Waals surface area contributed by atoms with Gasteiger partial charge in [-0.2, -0.15) is 0 Å². The summed E-state index contributed by atoms with van der Waals surface area (Å²) in [4.78, 5) is 20.1. The summed E-state index contributed by atoms with van der Waals surface area (Å²) < 4.78 is 45.2. The maximum Gasteiger partial charge on any atom is 0.261 e. The lowest BCUT2D eigenvalue weighted by molar-refractivity contribution is 0.0983. The molecule has 9 nitrogen and oxygen atoms in total. The number of nitrogens with one attached hydrogen (secondary N) is 1. The number of benzene rings is 3. The fraction of sp³-hybridized carbons (Fsp3) is 0.143. The van der Waals surface area contributed by atoms with Crippen molar-refractivity contribution in [1.82, 2.24) is 4.98 Å². The lowest BCUT2D eigenvalue weighted by Crippen LogP contribution is -2.30. The first-order chi connectivity index (χ1) is 18.8. The zero-order valence-electron chi connectivity index (χ0n) is 21.4. The van der Waals surface area contributed by atoms with Gasteiger partial charge in [0, 0.05) is 11.3 Å². The molecule has 0 aliphatic heterocycles. The summed E-state index contributed by atoms with van der Waals surface area (Å²) in [5.74, 6) is 1.46. The molecule has 0 saturated carbocycles. The number of methoxy groups -OCH3 is 2. The number of hydrogen-bond donors (Lipinski definition) is 1. The number of amides is 1. The van der Waals surface area contributed by atoms with Gasteiger partial charge in [0.1, 0.15) is 22.8 Å². The van der Waals surface area contributed by atoms with Crippen LogP contribution in [0.2, 0.25) is 0 Å². The largest absolute Gasteiger partial charge is 0.497 e. The molecule has 39 heavy (non-hydrogen) atoms. The number of carbonyl (C=O) groups is 1. The van der Waals surface area contributed by atoms with Crippen LogP contribution in [0.5, 0.6) is 11.5 Å². The number of ether oxygens (including phenoxy) is 2. The minimum Gasteiger partial charge on any atom is -0.497 e. The maximum atomic E-state index is 13.7. The molecule has 1 N–H and O–H groups in total. The summed E-state index contributed by atoms with van der Waals surface area (Å²) in [5, 5.41) is 0.489. The van der Waals surface area contributed by atoms with Gasteiger partial charge in [-0.05, 0) is 79.2 Å². The predicted molar refractivity (Wildman–Crippen MR) is 150 cm³/mol. The summed E-state index contributed by atoms with van der Waals surface area (Å²) in [6, 6.07) is 19.6. The standard InChI is InChI=1S/C28H25N3O6S2/c1-18-6-15-24(36-3)25-26(18)38-28(29-25)31(17-22-5-4-16-37-22)27(32)19-7-9-20(10-8-19)30-39(33,34)23-13-11-21(35-2)12-14-23/h4-16,30H,17H2,1-3H3. The third-order valence-electron chi connectivity index (χ3n) is 6.04.